The fraction of sp³-hybridized carbons (Fsp3) is 0.310. The van der Waals surface area contributed by atoms with Crippen LogP contribution >= 0.6 is 27.5 Å². The molecule has 2 amide bonds. The summed E-state index contributed by atoms with van der Waals surface area (Å²) in [5.41, 5.74) is 1.93. The van der Waals surface area contributed by atoms with Gasteiger partial charge in [0, 0.05) is 28.5 Å². The van der Waals surface area contributed by atoms with Crippen molar-refractivity contribution in [2.45, 2.75) is 45.3 Å². The van der Waals surface area contributed by atoms with E-state index in [4.69, 9.17) is 11.6 Å². The number of amides is 2. The molecule has 3 aromatic carbocycles. The largest absolute Gasteiger partial charge is 0.352 e. The van der Waals surface area contributed by atoms with Gasteiger partial charge in [0.25, 0.3) is 0 Å². The number of halogens is 2. The molecular formula is C29H33BrClN3O4S. The second-order valence-corrected chi connectivity index (χ2v) is 12.7. The molecule has 0 radical (unpaired) electrons. The molecule has 208 valence electrons. The Balaban J connectivity index is 2.06. The Hall–Kier alpha value is -2.88. The first kappa shape index (κ1) is 30.7. The number of hydrogen-bond donors (Lipinski definition) is 1. The van der Waals surface area contributed by atoms with Gasteiger partial charge >= 0.3 is 0 Å². The zero-order valence-corrected chi connectivity index (χ0v) is 25.3. The molecule has 3 rings (SSSR count). The molecule has 0 aliphatic rings. The molecule has 0 saturated carbocycles. The lowest BCUT2D eigenvalue weighted by Crippen LogP contribution is -2.54. The standard InChI is InChI=1S/C29H33BrClN3O4S/c1-4-21(2)32-29(36)27(17-22-10-6-5-7-11-22)33(19-23-12-8-14-25(31)16-23)28(35)20-34(39(3,37)38)26-15-9-13-24(30)18-26/h5-16,18,21,27H,4,17,19-20H2,1-3H3,(H,32,36)/t21-,27+/m1/s1. The van der Waals surface area contributed by atoms with Crippen molar-refractivity contribution in [2.75, 3.05) is 17.1 Å². The van der Waals surface area contributed by atoms with E-state index >= 15 is 0 Å². The van der Waals surface area contributed by atoms with Crippen LogP contribution in [0, 0.1) is 0 Å². The van der Waals surface area contributed by atoms with Gasteiger partial charge in [0.2, 0.25) is 21.8 Å². The lowest BCUT2D eigenvalue weighted by Gasteiger charge is -2.34. The van der Waals surface area contributed by atoms with Crippen LogP contribution < -0.4 is 9.62 Å². The normalized spacial score (nSPS) is 12.8. The van der Waals surface area contributed by atoms with Gasteiger partial charge in [-0.2, -0.15) is 0 Å². The highest BCUT2D eigenvalue weighted by atomic mass is 79.9. The third-order valence-corrected chi connectivity index (χ3v) is 8.16. The molecule has 0 spiro atoms. The van der Waals surface area contributed by atoms with E-state index in [1.165, 1.54) is 4.90 Å². The van der Waals surface area contributed by atoms with Gasteiger partial charge in [0.15, 0.2) is 0 Å². The molecule has 0 aliphatic heterocycles. The topological polar surface area (TPSA) is 86.8 Å². The van der Waals surface area contributed by atoms with Crippen molar-refractivity contribution >= 4 is 55.1 Å². The van der Waals surface area contributed by atoms with Crippen molar-refractivity contribution in [2.24, 2.45) is 0 Å². The maximum atomic E-state index is 14.0. The van der Waals surface area contributed by atoms with Gasteiger partial charge in [-0.05, 0) is 54.8 Å². The van der Waals surface area contributed by atoms with Crippen molar-refractivity contribution in [3.63, 3.8) is 0 Å². The molecule has 2 atom stereocenters. The van der Waals surface area contributed by atoms with Gasteiger partial charge in [0.1, 0.15) is 12.6 Å². The van der Waals surface area contributed by atoms with Crippen LogP contribution in [0.2, 0.25) is 5.02 Å². The van der Waals surface area contributed by atoms with Gasteiger partial charge in [-0.15, -0.1) is 0 Å². The van der Waals surface area contributed by atoms with E-state index in [1.807, 2.05) is 50.2 Å². The molecule has 3 aromatic rings. The molecule has 0 bridgehead atoms. The van der Waals surface area contributed by atoms with Crippen molar-refractivity contribution in [3.8, 4) is 0 Å². The average molecular weight is 635 g/mol. The minimum absolute atomic E-state index is 0.0703. The second-order valence-electron chi connectivity index (χ2n) is 9.42. The number of hydrogen-bond acceptors (Lipinski definition) is 4. The Morgan fingerprint density at radius 2 is 1.64 bits per heavy atom. The van der Waals surface area contributed by atoms with Gasteiger partial charge in [0.05, 0.1) is 11.9 Å². The van der Waals surface area contributed by atoms with E-state index in [0.29, 0.717) is 15.2 Å². The molecular weight excluding hydrogens is 602 g/mol. The first-order valence-electron chi connectivity index (χ1n) is 12.6. The van der Waals surface area contributed by atoms with Crippen LogP contribution in [0.5, 0.6) is 0 Å². The van der Waals surface area contributed by atoms with Crippen LogP contribution in [0.3, 0.4) is 0 Å². The van der Waals surface area contributed by atoms with Crippen molar-refractivity contribution in [1.82, 2.24) is 10.2 Å². The summed E-state index contributed by atoms with van der Waals surface area (Å²) >= 11 is 9.60. The van der Waals surface area contributed by atoms with E-state index in [-0.39, 0.29) is 24.9 Å². The highest BCUT2D eigenvalue weighted by molar-refractivity contribution is 9.10. The minimum atomic E-state index is -3.83. The Labute approximate surface area is 244 Å². The van der Waals surface area contributed by atoms with E-state index in [9.17, 15) is 18.0 Å². The molecule has 0 saturated heterocycles. The second kappa shape index (κ2) is 14.0. The smallest absolute Gasteiger partial charge is 0.244 e. The van der Waals surface area contributed by atoms with E-state index in [2.05, 4.69) is 21.2 Å². The maximum absolute atomic E-state index is 14.0. The monoisotopic (exact) mass is 633 g/mol. The number of sulfonamides is 1. The minimum Gasteiger partial charge on any atom is -0.352 e. The van der Waals surface area contributed by atoms with E-state index in [0.717, 1.165) is 28.1 Å². The molecule has 0 heterocycles. The summed E-state index contributed by atoms with van der Waals surface area (Å²) in [4.78, 5) is 29.1. The van der Waals surface area contributed by atoms with Gasteiger partial charge in [-0.25, -0.2) is 8.42 Å². The number of rotatable bonds is 12. The predicted molar refractivity (Wildman–Crippen MR) is 160 cm³/mol. The summed E-state index contributed by atoms with van der Waals surface area (Å²) in [5, 5.41) is 3.50. The molecule has 1 N–H and O–H groups in total. The van der Waals surface area contributed by atoms with Gasteiger partial charge < -0.3 is 10.2 Å². The molecule has 0 aliphatic carbocycles. The third-order valence-electron chi connectivity index (χ3n) is 6.29. The molecule has 0 fully saturated rings. The van der Waals surface area contributed by atoms with Crippen LogP contribution in [-0.4, -0.2) is 50.0 Å². The van der Waals surface area contributed by atoms with Crippen LogP contribution in [0.25, 0.3) is 0 Å². The zero-order valence-electron chi connectivity index (χ0n) is 22.2. The van der Waals surface area contributed by atoms with Crippen molar-refractivity contribution in [3.05, 3.63) is 99.5 Å². The number of nitrogens with one attached hydrogen (secondary N) is 1. The van der Waals surface area contributed by atoms with Gasteiger partial charge in [-0.1, -0.05) is 83.0 Å². The number of anilines is 1. The number of benzene rings is 3. The SMILES string of the molecule is CC[C@@H](C)NC(=O)[C@H](Cc1ccccc1)N(Cc1cccc(Cl)c1)C(=O)CN(c1cccc(Br)c1)S(C)(=O)=O. The Kier molecular flexibility index (Phi) is 11.0. The Morgan fingerprint density at radius 1 is 0.974 bits per heavy atom. The summed E-state index contributed by atoms with van der Waals surface area (Å²) in [6.45, 7) is 3.46. The van der Waals surface area contributed by atoms with Crippen LogP contribution in [0.1, 0.15) is 31.4 Å². The molecule has 7 nitrogen and oxygen atoms in total. The Bertz CT molecular complexity index is 1390. The predicted octanol–water partition coefficient (Wildman–Crippen LogP) is 5.42. The van der Waals surface area contributed by atoms with Crippen LogP contribution in [0.4, 0.5) is 5.69 Å². The molecule has 0 aromatic heterocycles. The summed E-state index contributed by atoms with van der Waals surface area (Å²) in [5.74, 6) is -0.822. The van der Waals surface area contributed by atoms with Crippen LogP contribution in [0.15, 0.2) is 83.3 Å². The third kappa shape index (κ3) is 9.08. The van der Waals surface area contributed by atoms with Gasteiger partial charge in [-0.3, -0.25) is 13.9 Å². The summed E-state index contributed by atoms with van der Waals surface area (Å²) in [6, 6.07) is 22.2. The fourth-order valence-electron chi connectivity index (χ4n) is 4.07. The average Bonchev–Trinajstić information content (AvgIpc) is 2.89. The van der Waals surface area contributed by atoms with E-state index < -0.39 is 28.5 Å². The molecule has 10 heteroatoms. The quantitative estimate of drug-likeness (QED) is 0.288. The lowest BCUT2D eigenvalue weighted by molar-refractivity contribution is -0.140. The van der Waals surface area contributed by atoms with Crippen LogP contribution in [-0.2, 0) is 32.6 Å². The summed E-state index contributed by atoms with van der Waals surface area (Å²) in [7, 11) is -3.83. The summed E-state index contributed by atoms with van der Waals surface area (Å²) < 4.78 is 27.4. The molecule has 0 unspecified atom stereocenters. The number of carbonyl (C=O) groups is 2. The summed E-state index contributed by atoms with van der Waals surface area (Å²) in [6.07, 6.45) is 2.03. The zero-order chi connectivity index (χ0) is 28.6. The maximum Gasteiger partial charge on any atom is 0.244 e. The van der Waals surface area contributed by atoms with E-state index in [1.54, 1.807) is 42.5 Å². The fourth-order valence-corrected chi connectivity index (χ4v) is 5.51. The highest BCUT2D eigenvalue weighted by Crippen LogP contribution is 2.24. The molecule has 39 heavy (non-hydrogen) atoms. The first-order valence-corrected chi connectivity index (χ1v) is 15.6. The first-order chi connectivity index (χ1) is 18.5. The Morgan fingerprint density at radius 3 is 2.26 bits per heavy atom. The van der Waals surface area contributed by atoms with Crippen molar-refractivity contribution in [1.29, 1.82) is 0 Å². The number of nitrogens with zero attached hydrogens (tertiary/aromatic N) is 2. The van der Waals surface area contributed by atoms with Crippen molar-refractivity contribution < 1.29 is 18.0 Å². The lowest BCUT2D eigenvalue weighted by atomic mass is 10.0. The highest BCUT2D eigenvalue weighted by Gasteiger charge is 2.33. The number of carbonyl (C=O) groups excluding carboxylic acids is 2.